The zero-order chi connectivity index (χ0) is 15.1. The summed E-state index contributed by atoms with van der Waals surface area (Å²) in [6, 6.07) is 10.4. The van der Waals surface area contributed by atoms with E-state index in [2.05, 4.69) is 10.6 Å². The van der Waals surface area contributed by atoms with Gasteiger partial charge in [0.2, 0.25) is 0 Å². The van der Waals surface area contributed by atoms with Crippen molar-refractivity contribution < 1.29 is 19.1 Å². The molecule has 0 saturated carbocycles. The van der Waals surface area contributed by atoms with Gasteiger partial charge >= 0.3 is 6.03 Å². The second-order valence-corrected chi connectivity index (χ2v) is 4.41. The van der Waals surface area contributed by atoms with Gasteiger partial charge in [0.1, 0.15) is 17.6 Å². The number of para-hydroxylation sites is 1. The highest BCUT2D eigenvalue weighted by Gasteiger charge is 2.11. The van der Waals surface area contributed by atoms with Gasteiger partial charge in [0, 0.05) is 12.1 Å². The fourth-order valence-electron chi connectivity index (χ4n) is 1.86. The fourth-order valence-corrected chi connectivity index (χ4v) is 1.86. The second-order valence-electron chi connectivity index (χ2n) is 4.41. The van der Waals surface area contributed by atoms with Gasteiger partial charge < -0.3 is 24.9 Å². The number of carbonyl (C=O) groups is 1. The lowest BCUT2D eigenvalue weighted by molar-refractivity contribution is 0.148. The Morgan fingerprint density at radius 1 is 1.29 bits per heavy atom. The summed E-state index contributed by atoms with van der Waals surface area (Å²) in [6.07, 6.45) is 0.609. The minimum atomic E-state index is -0.864. The lowest BCUT2D eigenvalue weighted by Crippen LogP contribution is -2.37. The molecule has 6 nitrogen and oxygen atoms in total. The summed E-state index contributed by atoms with van der Waals surface area (Å²) in [5, 5.41) is 15.0. The van der Waals surface area contributed by atoms with Crippen LogP contribution in [0.2, 0.25) is 0 Å². The van der Waals surface area contributed by atoms with Crippen LogP contribution in [0.15, 0.2) is 47.1 Å². The highest BCUT2D eigenvalue weighted by atomic mass is 16.5. The van der Waals surface area contributed by atoms with Crippen LogP contribution in [0.4, 0.5) is 4.79 Å². The van der Waals surface area contributed by atoms with Crippen LogP contribution in [0.5, 0.6) is 5.75 Å². The van der Waals surface area contributed by atoms with E-state index < -0.39 is 6.10 Å². The Bertz CT molecular complexity index is 569. The Morgan fingerprint density at radius 3 is 2.81 bits per heavy atom. The van der Waals surface area contributed by atoms with Crippen molar-refractivity contribution in [3.63, 3.8) is 0 Å². The van der Waals surface area contributed by atoms with Crippen LogP contribution in [-0.4, -0.2) is 24.8 Å². The molecule has 112 valence electrons. The van der Waals surface area contributed by atoms with Crippen molar-refractivity contribution in [2.24, 2.45) is 0 Å². The van der Waals surface area contributed by atoms with Gasteiger partial charge in [-0.3, -0.25) is 0 Å². The predicted molar refractivity (Wildman–Crippen MR) is 76.9 cm³/mol. The molecule has 0 aliphatic heterocycles. The molecule has 1 aromatic carbocycles. The van der Waals surface area contributed by atoms with E-state index in [1.165, 1.54) is 6.26 Å². The first-order chi connectivity index (χ1) is 10.2. The Labute approximate surface area is 122 Å². The van der Waals surface area contributed by atoms with Crippen LogP contribution < -0.4 is 15.4 Å². The zero-order valence-electron chi connectivity index (χ0n) is 11.7. The van der Waals surface area contributed by atoms with Crippen molar-refractivity contribution in [3.05, 3.63) is 54.0 Å². The van der Waals surface area contributed by atoms with Crippen molar-refractivity contribution in [2.45, 2.75) is 12.6 Å². The van der Waals surface area contributed by atoms with Crippen LogP contribution in [0.1, 0.15) is 17.4 Å². The Kier molecular flexibility index (Phi) is 5.22. The number of urea groups is 1. The average Bonchev–Trinajstić information content (AvgIpc) is 3.05. The molecule has 1 unspecified atom stereocenters. The smallest absolute Gasteiger partial charge is 0.315 e. The first kappa shape index (κ1) is 14.9. The number of furan rings is 1. The van der Waals surface area contributed by atoms with Gasteiger partial charge in [0.25, 0.3) is 0 Å². The molecule has 2 aromatic rings. The van der Waals surface area contributed by atoms with Crippen LogP contribution in [-0.2, 0) is 6.54 Å². The predicted octanol–water partition coefficient (Wildman–Crippen LogP) is 1.82. The summed E-state index contributed by atoms with van der Waals surface area (Å²) in [7, 11) is 1.58. The fraction of sp³-hybridized carbons (Fsp3) is 0.267. The van der Waals surface area contributed by atoms with E-state index >= 15 is 0 Å². The van der Waals surface area contributed by atoms with Crippen LogP contribution in [0.3, 0.4) is 0 Å². The van der Waals surface area contributed by atoms with Gasteiger partial charge in [-0.05, 0) is 18.2 Å². The van der Waals surface area contributed by atoms with E-state index in [-0.39, 0.29) is 12.6 Å². The average molecular weight is 290 g/mol. The Balaban J connectivity index is 1.77. The third-order valence-electron chi connectivity index (χ3n) is 2.96. The third-order valence-corrected chi connectivity index (χ3v) is 2.96. The Morgan fingerprint density at radius 2 is 2.10 bits per heavy atom. The number of nitrogens with one attached hydrogen (secondary N) is 2. The van der Waals surface area contributed by atoms with E-state index in [4.69, 9.17) is 9.15 Å². The van der Waals surface area contributed by atoms with Crippen molar-refractivity contribution >= 4 is 6.03 Å². The first-order valence-electron chi connectivity index (χ1n) is 6.55. The Hall–Kier alpha value is -2.47. The number of methoxy groups -OCH3 is 1. The van der Waals surface area contributed by atoms with E-state index in [1.54, 1.807) is 19.2 Å². The number of rotatable bonds is 6. The molecule has 1 heterocycles. The number of amides is 2. The lowest BCUT2D eigenvalue weighted by atomic mass is 10.2. The van der Waals surface area contributed by atoms with Gasteiger partial charge in [0.15, 0.2) is 0 Å². The molecule has 3 N–H and O–H groups in total. The molecule has 0 aliphatic carbocycles. The molecule has 21 heavy (non-hydrogen) atoms. The maximum Gasteiger partial charge on any atom is 0.315 e. The van der Waals surface area contributed by atoms with Gasteiger partial charge in [0.05, 0.1) is 19.9 Å². The second kappa shape index (κ2) is 7.35. The summed E-state index contributed by atoms with van der Waals surface area (Å²) >= 11 is 0. The molecule has 0 saturated heterocycles. The molecule has 1 atom stereocenters. The maximum atomic E-state index is 11.7. The molecular formula is C15H18N2O4. The summed E-state index contributed by atoms with van der Waals surface area (Å²) in [5.41, 5.74) is 0.877. The number of hydrogen-bond acceptors (Lipinski definition) is 4. The van der Waals surface area contributed by atoms with Crippen LogP contribution in [0, 0.1) is 0 Å². The summed E-state index contributed by atoms with van der Waals surface area (Å²) in [5.74, 6) is 1.13. The van der Waals surface area contributed by atoms with Crippen molar-refractivity contribution in [1.29, 1.82) is 0 Å². The molecular weight excluding hydrogens is 272 g/mol. The van der Waals surface area contributed by atoms with Gasteiger partial charge in [-0.15, -0.1) is 0 Å². The van der Waals surface area contributed by atoms with E-state index in [0.29, 0.717) is 18.1 Å². The highest BCUT2D eigenvalue weighted by Crippen LogP contribution is 2.16. The number of aliphatic hydroxyl groups is 1. The van der Waals surface area contributed by atoms with E-state index in [0.717, 1.165) is 5.56 Å². The molecule has 0 spiro atoms. The number of benzene rings is 1. The number of ether oxygens (including phenoxy) is 1. The minimum absolute atomic E-state index is 0.0747. The monoisotopic (exact) mass is 290 g/mol. The first-order valence-corrected chi connectivity index (χ1v) is 6.55. The van der Waals surface area contributed by atoms with Gasteiger partial charge in [-0.2, -0.15) is 0 Å². The van der Waals surface area contributed by atoms with E-state index in [9.17, 15) is 9.90 Å². The third kappa shape index (κ3) is 4.25. The summed E-state index contributed by atoms with van der Waals surface area (Å²) < 4.78 is 10.2. The van der Waals surface area contributed by atoms with Gasteiger partial charge in [-0.25, -0.2) is 4.79 Å². The zero-order valence-corrected chi connectivity index (χ0v) is 11.7. The maximum absolute atomic E-state index is 11.7. The molecule has 0 fully saturated rings. The molecule has 0 radical (unpaired) electrons. The van der Waals surface area contributed by atoms with Gasteiger partial charge in [-0.1, -0.05) is 18.2 Å². The van der Waals surface area contributed by atoms with Crippen LogP contribution in [0.25, 0.3) is 0 Å². The van der Waals surface area contributed by atoms with E-state index in [1.807, 2.05) is 24.3 Å². The number of carbonyl (C=O) groups excluding carboxylic acids is 1. The normalized spacial score (nSPS) is 11.7. The standard InChI is InChI=1S/C15H18N2O4/c1-20-13-6-3-2-5-11(13)9-16-15(19)17-10-12(18)14-7-4-8-21-14/h2-8,12,18H,9-10H2,1H3,(H2,16,17,19). The molecule has 0 aliphatic rings. The van der Waals surface area contributed by atoms with Crippen LogP contribution >= 0.6 is 0 Å². The topological polar surface area (TPSA) is 83.7 Å². The van der Waals surface area contributed by atoms with Crippen molar-refractivity contribution in [2.75, 3.05) is 13.7 Å². The SMILES string of the molecule is COc1ccccc1CNC(=O)NCC(O)c1ccco1. The van der Waals surface area contributed by atoms with Crippen molar-refractivity contribution in [3.8, 4) is 5.75 Å². The summed E-state index contributed by atoms with van der Waals surface area (Å²) in [4.78, 5) is 11.7. The lowest BCUT2D eigenvalue weighted by Gasteiger charge is -2.12. The number of hydrogen-bond donors (Lipinski definition) is 3. The minimum Gasteiger partial charge on any atom is -0.496 e. The molecule has 2 rings (SSSR count). The summed E-state index contributed by atoms with van der Waals surface area (Å²) in [6.45, 7) is 0.415. The molecule has 6 heteroatoms. The molecule has 2 amide bonds. The quantitative estimate of drug-likeness (QED) is 0.757. The highest BCUT2D eigenvalue weighted by molar-refractivity contribution is 5.73. The van der Waals surface area contributed by atoms with Crippen molar-refractivity contribution in [1.82, 2.24) is 10.6 Å². The number of aliphatic hydroxyl groups excluding tert-OH is 1. The molecule has 1 aromatic heterocycles. The largest absolute Gasteiger partial charge is 0.496 e. The molecule has 0 bridgehead atoms.